The zero-order valence-corrected chi connectivity index (χ0v) is 38.9. The summed E-state index contributed by atoms with van der Waals surface area (Å²) in [5.41, 5.74) is 5.49. The van der Waals surface area contributed by atoms with Gasteiger partial charge in [0.05, 0.1) is 27.2 Å². The van der Waals surface area contributed by atoms with Crippen molar-refractivity contribution in [2.45, 2.75) is 81.5 Å². The number of aliphatic imine (C=N–C) groups is 1. The van der Waals surface area contributed by atoms with Crippen LogP contribution >= 0.6 is 36.7 Å². The van der Waals surface area contributed by atoms with Crippen molar-refractivity contribution >= 4 is 63.0 Å². The predicted octanol–water partition coefficient (Wildman–Crippen LogP) is 10.3. The molecule has 332 valence electrons. The molecule has 3 fully saturated rings. The quantitative estimate of drug-likeness (QED) is 0.109. The van der Waals surface area contributed by atoms with E-state index in [4.69, 9.17) is 41.6 Å². The van der Waals surface area contributed by atoms with Crippen LogP contribution in [0.15, 0.2) is 175 Å². The summed E-state index contributed by atoms with van der Waals surface area (Å²) in [6.45, 7) is 1.95. The molecule has 0 saturated carbocycles. The van der Waals surface area contributed by atoms with Crippen LogP contribution in [-0.4, -0.2) is 68.8 Å². The maximum atomic E-state index is 11.3. The lowest BCUT2D eigenvalue weighted by Crippen LogP contribution is -2.45. The lowest BCUT2D eigenvalue weighted by atomic mass is 9.99. The van der Waals surface area contributed by atoms with E-state index in [9.17, 15) is 15.3 Å². The summed E-state index contributed by atoms with van der Waals surface area (Å²) in [4.78, 5) is 17.2. The first-order valence-electron chi connectivity index (χ1n) is 22.4. The molecule has 5 heterocycles. The number of thiocarbonyl (C=S) groups is 3. The van der Waals surface area contributed by atoms with Gasteiger partial charge in [-0.2, -0.15) is 0 Å². The van der Waals surface area contributed by atoms with E-state index in [1.165, 1.54) is 11.1 Å². The van der Waals surface area contributed by atoms with Gasteiger partial charge in [0.15, 0.2) is 17.2 Å². The molecular formula is C54H55N5O3S3. The van der Waals surface area contributed by atoms with Crippen LogP contribution in [0.25, 0.3) is 0 Å². The molecule has 3 unspecified atom stereocenters. The summed E-state index contributed by atoms with van der Waals surface area (Å²) in [5, 5.41) is 33.5. The fourth-order valence-electron chi connectivity index (χ4n) is 9.27. The first-order valence-corrected chi connectivity index (χ1v) is 23.6. The zero-order chi connectivity index (χ0) is 45.3. The molecule has 8 nitrogen and oxygen atoms in total. The standard InChI is InChI=1S/C19H18N2OS.C19H21NOS.C16H16N2OS/c22-19(15-7-2-1-3-8-15)11-10-18(23)21(19)13-16-12-14-6-4-5-9-17(14)20-16;21-19(17-11-5-2-6-12-17)14-13-18(22)20(19)15-7-10-16-8-3-1-4-9-16;19-16(14-6-2-1-3-7-14)9-8-15(20)18(16)12-13-5-4-10-17-11-13/h1-9,22H,10-13H2;1-6,8-9,11-12,21H,7,10,13-15H2;1-7,10-11,19H,8-9,12H2. The maximum Gasteiger partial charge on any atom is 0.165 e. The highest BCUT2D eigenvalue weighted by Crippen LogP contribution is 2.41. The molecule has 0 aliphatic carbocycles. The fraction of sp³-hybridized carbons (Fsp3) is 0.278. The van der Waals surface area contributed by atoms with Gasteiger partial charge >= 0.3 is 0 Å². The van der Waals surface area contributed by atoms with Gasteiger partial charge in [-0.3, -0.25) is 9.98 Å². The van der Waals surface area contributed by atoms with Crippen LogP contribution in [0.5, 0.6) is 0 Å². The number of hydrogen-bond acceptors (Lipinski definition) is 8. The molecule has 0 radical (unpaired) electrons. The van der Waals surface area contributed by atoms with Crippen molar-refractivity contribution in [1.82, 2.24) is 19.7 Å². The van der Waals surface area contributed by atoms with E-state index in [1.54, 1.807) is 6.20 Å². The topological polar surface area (TPSA) is 95.7 Å². The summed E-state index contributed by atoms with van der Waals surface area (Å²) in [6, 6.07) is 51.9. The van der Waals surface area contributed by atoms with Crippen LogP contribution in [-0.2, 0) is 36.6 Å². The Bertz CT molecular complexity index is 2590. The van der Waals surface area contributed by atoms with Crippen molar-refractivity contribution < 1.29 is 15.3 Å². The number of aliphatic hydroxyl groups is 3. The molecule has 0 amide bonds. The number of nitrogens with zero attached hydrogens (tertiary/aromatic N) is 5. The smallest absolute Gasteiger partial charge is 0.165 e. The van der Waals surface area contributed by atoms with Gasteiger partial charge in [-0.25, -0.2) is 0 Å². The molecule has 11 heteroatoms. The van der Waals surface area contributed by atoms with Gasteiger partial charge in [-0.05, 0) is 41.7 Å². The highest BCUT2D eigenvalue weighted by Gasteiger charge is 2.45. The Morgan fingerprint density at radius 2 is 0.938 bits per heavy atom. The van der Waals surface area contributed by atoms with Crippen LogP contribution in [0.4, 0.5) is 5.69 Å². The Hall–Kier alpha value is -5.53. The Labute approximate surface area is 398 Å². The molecule has 3 saturated heterocycles. The molecule has 0 bridgehead atoms. The molecule has 3 N–H and O–H groups in total. The summed E-state index contributed by atoms with van der Waals surface area (Å²) in [6.07, 6.45) is 10.6. The molecule has 4 aliphatic rings. The van der Waals surface area contributed by atoms with Crippen molar-refractivity contribution in [3.8, 4) is 0 Å². The van der Waals surface area contributed by atoms with Crippen LogP contribution in [0.1, 0.15) is 78.3 Å². The van der Waals surface area contributed by atoms with Gasteiger partial charge in [0.25, 0.3) is 0 Å². The Morgan fingerprint density at radius 1 is 0.492 bits per heavy atom. The molecule has 65 heavy (non-hydrogen) atoms. The zero-order valence-electron chi connectivity index (χ0n) is 36.5. The van der Waals surface area contributed by atoms with Gasteiger partial charge in [0.2, 0.25) is 0 Å². The number of para-hydroxylation sites is 1. The lowest BCUT2D eigenvalue weighted by Gasteiger charge is -2.35. The third-order valence-corrected chi connectivity index (χ3v) is 14.0. The van der Waals surface area contributed by atoms with Crippen molar-refractivity contribution in [3.05, 3.63) is 203 Å². The lowest BCUT2D eigenvalue weighted by molar-refractivity contribution is -0.0678. The molecule has 1 aromatic heterocycles. The van der Waals surface area contributed by atoms with Gasteiger partial charge < -0.3 is 30.0 Å². The highest BCUT2D eigenvalue weighted by molar-refractivity contribution is 7.80. The molecular weight excluding hydrogens is 863 g/mol. The normalized spacial score (nSPS) is 22.2. The SMILES string of the molecule is OC1(c2ccccc2)CCC(=S)N1CC1=Nc2ccccc2C1.OC1(c2ccccc2)CCC(=S)N1CCCc1ccccc1.OC1(c2ccccc2)CCC(=S)N1Cc1cccnc1. The fourth-order valence-corrected chi connectivity index (χ4v) is 10.2. The van der Waals surface area contributed by atoms with Gasteiger partial charge in [-0.15, -0.1) is 0 Å². The average molecular weight is 918 g/mol. The van der Waals surface area contributed by atoms with Crippen molar-refractivity contribution in [1.29, 1.82) is 0 Å². The van der Waals surface area contributed by atoms with Gasteiger partial charge in [-0.1, -0.05) is 182 Å². The first-order chi connectivity index (χ1) is 31.6. The Morgan fingerprint density at radius 3 is 1.45 bits per heavy atom. The minimum absolute atomic E-state index is 0.581. The minimum atomic E-state index is -1.02. The summed E-state index contributed by atoms with van der Waals surface area (Å²) in [7, 11) is 0. The summed E-state index contributed by atoms with van der Waals surface area (Å²) >= 11 is 16.4. The number of fused-ring (bicyclic) bond motifs is 1. The Balaban J connectivity index is 0.000000133. The average Bonchev–Trinajstić information content (AvgIpc) is 4.08. The summed E-state index contributed by atoms with van der Waals surface area (Å²) in [5.74, 6) is 0. The van der Waals surface area contributed by atoms with E-state index in [-0.39, 0.29) is 0 Å². The van der Waals surface area contributed by atoms with Crippen molar-refractivity contribution in [3.63, 3.8) is 0 Å². The second kappa shape index (κ2) is 20.8. The maximum absolute atomic E-state index is 11.3. The van der Waals surface area contributed by atoms with Gasteiger partial charge in [0.1, 0.15) is 0 Å². The number of pyridine rings is 1. The number of aromatic nitrogens is 1. The minimum Gasteiger partial charge on any atom is -0.367 e. The van der Waals surface area contributed by atoms with Crippen molar-refractivity contribution in [2.24, 2.45) is 4.99 Å². The van der Waals surface area contributed by atoms with E-state index in [2.05, 4.69) is 35.3 Å². The van der Waals surface area contributed by atoms with Gasteiger partial charge in [0, 0.05) is 92.8 Å². The van der Waals surface area contributed by atoms with Crippen LogP contribution < -0.4 is 0 Å². The number of rotatable bonds is 11. The van der Waals surface area contributed by atoms with Crippen LogP contribution in [0.2, 0.25) is 0 Å². The molecule has 0 spiro atoms. The molecule has 4 aliphatic heterocycles. The number of hydrogen-bond donors (Lipinski definition) is 3. The predicted molar refractivity (Wildman–Crippen MR) is 272 cm³/mol. The second-order valence-corrected chi connectivity index (χ2v) is 18.4. The van der Waals surface area contributed by atoms with Crippen LogP contribution in [0.3, 0.4) is 0 Å². The Kier molecular flexibility index (Phi) is 14.7. The van der Waals surface area contributed by atoms with E-state index in [1.807, 2.05) is 148 Å². The van der Waals surface area contributed by atoms with E-state index in [0.29, 0.717) is 32.4 Å². The monoisotopic (exact) mass is 917 g/mol. The van der Waals surface area contributed by atoms with Crippen LogP contribution in [0, 0.1) is 0 Å². The number of aryl methyl sites for hydroxylation is 1. The number of benzene rings is 5. The van der Waals surface area contributed by atoms with E-state index in [0.717, 1.165) is 93.7 Å². The van der Waals surface area contributed by atoms with E-state index < -0.39 is 17.2 Å². The second-order valence-electron chi connectivity index (χ2n) is 17.0. The van der Waals surface area contributed by atoms with E-state index >= 15 is 0 Å². The first kappa shape index (κ1) is 46.0. The molecule has 10 rings (SSSR count). The summed E-state index contributed by atoms with van der Waals surface area (Å²) < 4.78 is 0. The molecule has 6 aromatic rings. The third-order valence-electron chi connectivity index (χ3n) is 12.8. The largest absolute Gasteiger partial charge is 0.367 e. The third kappa shape index (κ3) is 10.5. The molecule has 5 aromatic carbocycles. The number of likely N-dealkylation sites (tertiary alicyclic amines) is 3. The molecule has 3 atom stereocenters. The van der Waals surface area contributed by atoms with Crippen molar-refractivity contribution in [2.75, 3.05) is 13.1 Å². The highest BCUT2D eigenvalue weighted by atomic mass is 32.1.